The Bertz CT molecular complexity index is 834. The van der Waals surface area contributed by atoms with Crippen molar-refractivity contribution in [2.75, 3.05) is 0 Å². The van der Waals surface area contributed by atoms with E-state index >= 15 is 0 Å². The summed E-state index contributed by atoms with van der Waals surface area (Å²) < 4.78 is 0.921. The van der Waals surface area contributed by atoms with Gasteiger partial charge in [-0.2, -0.15) is 0 Å². The Hall–Kier alpha value is -2.27. The van der Waals surface area contributed by atoms with E-state index in [9.17, 15) is 4.79 Å². The number of fused-ring (bicyclic) bond motifs is 1. The van der Waals surface area contributed by atoms with E-state index in [2.05, 4.69) is 31.2 Å². The summed E-state index contributed by atoms with van der Waals surface area (Å²) in [4.78, 5) is 21.2. The number of pyridine rings is 2. The number of benzene rings is 1. The number of halogens is 1. The molecule has 2 aromatic heterocycles. The Morgan fingerprint density at radius 2 is 2.09 bits per heavy atom. The first-order chi connectivity index (χ1) is 10.6. The molecule has 5 heteroatoms. The van der Waals surface area contributed by atoms with Gasteiger partial charge in [0.05, 0.1) is 23.3 Å². The van der Waals surface area contributed by atoms with Gasteiger partial charge in [-0.25, -0.2) is 0 Å². The first-order valence-electron chi connectivity index (χ1n) is 6.88. The fourth-order valence-corrected chi connectivity index (χ4v) is 2.65. The quantitative estimate of drug-likeness (QED) is 0.780. The molecule has 0 aliphatic rings. The van der Waals surface area contributed by atoms with Gasteiger partial charge in [-0.1, -0.05) is 22.0 Å². The number of carbonyl (C=O) groups excluding carboxylic acids is 1. The molecule has 0 aliphatic carbocycles. The summed E-state index contributed by atoms with van der Waals surface area (Å²) >= 11 is 3.44. The van der Waals surface area contributed by atoms with E-state index in [1.807, 2.05) is 49.4 Å². The third kappa shape index (κ3) is 3.14. The highest BCUT2D eigenvalue weighted by Gasteiger charge is 2.12. The molecule has 22 heavy (non-hydrogen) atoms. The number of nitrogens with one attached hydrogen (secondary N) is 1. The van der Waals surface area contributed by atoms with Crippen LogP contribution in [0.15, 0.2) is 53.1 Å². The molecule has 3 rings (SSSR count). The maximum absolute atomic E-state index is 12.5. The molecule has 1 aromatic carbocycles. The minimum absolute atomic E-state index is 0.126. The van der Waals surface area contributed by atoms with Crippen molar-refractivity contribution in [3.8, 4) is 0 Å². The third-order valence-electron chi connectivity index (χ3n) is 3.30. The lowest BCUT2D eigenvalue weighted by molar-refractivity contribution is 0.0952. The molecule has 0 unspecified atom stereocenters. The van der Waals surface area contributed by atoms with Crippen LogP contribution in [0.3, 0.4) is 0 Å². The maximum Gasteiger partial charge on any atom is 0.252 e. The second kappa shape index (κ2) is 6.23. The first kappa shape index (κ1) is 14.7. The van der Waals surface area contributed by atoms with Gasteiger partial charge < -0.3 is 5.32 Å². The molecule has 0 radical (unpaired) electrons. The average Bonchev–Trinajstić information content (AvgIpc) is 2.53. The molecular formula is C17H14BrN3O. The topological polar surface area (TPSA) is 54.9 Å². The van der Waals surface area contributed by atoms with Gasteiger partial charge >= 0.3 is 0 Å². The van der Waals surface area contributed by atoms with Crippen LogP contribution in [0.2, 0.25) is 0 Å². The van der Waals surface area contributed by atoms with Crippen molar-refractivity contribution in [3.05, 3.63) is 70.1 Å². The van der Waals surface area contributed by atoms with Gasteiger partial charge in [0.15, 0.2) is 0 Å². The summed E-state index contributed by atoms with van der Waals surface area (Å²) in [5.41, 5.74) is 3.08. The summed E-state index contributed by atoms with van der Waals surface area (Å²) in [5, 5.41) is 3.74. The zero-order chi connectivity index (χ0) is 15.5. The number of nitrogens with zero attached hydrogens (tertiary/aromatic N) is 2. The van der Waals surface area contributed by atoms with Crippen molar-refractivity contribution in [1.29, 1.82) is 0 Å². The summed E-state index contributed by atoms with van der Waals surface area (Å²) in [5.74, 6) is -0.126. The number of aryl methyl sites for hydroxylation is 1. The van der Waals surface area contributed by atoms with Gasteiger partial charge in [0, 0.05) is 21.7 Å². The fourth-order valence-electron chi connectivity index (χ4n) is 2.29. The monoisotopic (exact) mass is 355 g/mol. The molecule has 0 bridgehead atoms. The lowest BCUT2D eigenvalue weighted by atomic mass is 10.1. The van der Waals surface area contributed by atoms with Crippen molar-refractivity contribution in [1.82, 2.24) is 15.3 Å². The molecule has 1 N–H and O–H groups in total. The van der Waals surface area contributed by atoms with Crippen LogP contribution in [-0.2, 0) is 6.54 Å². The summed E-state index contributed by atoms with van der Waals surface area (Å²) in [6.07, 6.45) is 1.71. The maximum atomic E-state index is 12.5. The van der Waals surface area contributed by atoms with Gasteiger partial charge in [0.25, 0.3) is 5.91 Å². The number of rotatable bonds is 3. The molecule has 0 aliphatic heterocycles. The highest BCUT2D eigenvalue weighted by atomic mass is 79.9. The molecule has 0 fully saturated rings. The molecule has 110 valence electrons. The van der Waals surface area contributed by atoms with E-state index < -0.39 is 0 Å². The van der Waals surface area contributed by atoms with Crippen LogP contribution < -0.4 is 5.32 Å². The van der Waals surface area contributed by atoms with Crippen molar-refractivity contribution in [2.45, 2.75) is 13.5 Å². The van der Waals surface area contributed by atoms with Gasteiger partial charge in [-0.15, -0.1) is 0 Å². The van der Waals surface area contributed by atoms with Crippen LogP contribution in [0.5, 0.6) is 0 Å². The van der Waals surface area contributed by atoms with Crippen molar-refractivity contribution < 1.29 is 4.79 Å². The number of hydrogen-bond donors (Lipinski definition) is 1. The van der Waals surface area contributed by atoms with Crippen molar-refractivity contribution in [3.63, 3.8) is 0 Å². The lowest BCUT2D eigenvalue weighted by Gasteiger charge is -2.09. The molecule has 0 saturated carbocycles. The second-order valence-corrected chi connectivity index (χ2v) is 5.89. The molecule has 3 aromatic rings. The number of hydrogen-bond acceptors (Lipinski definition) is 3. The Labute approximate surface area is 136 Å². The summed E-state index contributed by atoms with van der Waals surface area (Å²) in [7, 11) is 0. The predicted molar refractivity (Wildman–Crippen MR) is 89.6 cm³/mol. The van der Waals surface area contributed by atoms with E-state index in [0.717, 1.165) is 26.8 Å². The fraction of sp³-hybridized carbons (Fsp3) is 0.118. The normalized spacial score (nSPS) is 10.6. The molecular weight excluding hydrogens is 342 g/mol. The van der Waals surface area contributed by atoms with Gasteiger partial charge in [-0.05, 0) is 43.3 Å². The molecule has 0 atom stereocenters. The molecule has 1 amide bonds. The van der Waals surface area contributed by atoms with Gasteiger partial charge in [-0.3, -0.25) is 14.8 Å². The van der Waals surface area contributed by atoms with Crippen LogP contribution in [0, 0.1) is 6.92 Å². The smallest absolute Gasteiger partial charge is 0.252 e. The van der Waals surface area contributed by atoms with E-state index in [1.54, 1.807) is 6.20 Å². The highest BCUT2D eigenvalue weighted by Crippen LogP contribution is 2.22. The van der Waals surface area contributed by atoms with Gasteiger partial charge in [0.1, 0.15) is 0 Å². The lowest BCUT2D eigenvalue weighted by Crippen LogP contribution is -2.23. The predicted octanol–water partition coefficient (Wildman–Crippen LogP) is 3.63. The Balaban J connectivity index is 1.91. The van der Waals surface area contributed by atoms with Crippen LogP contribution in [0.25, 0.3) is 10.9 Å². The Morgan fingerprint density at radius 1 is 1.23 bits per heavy atom. The minimum Gasteiger partial charge on any atom is -0.346 e. The van der Waals surface area contributed by atoms with Crippen molar-refractivity contribution in [2.24, 2.45) is 0 Å². The van der Waals surface area contributed by atoms with Crippen LogP contribution in [0.4, 0.5) is 0 Å². The number of aromatic nitrogens is 2. The Morgan fingerprint density at radius 3 is 2.86 bits per heavy atom. The molecule has 4 nitrogen and oxygen atoms in total. The van der Waals surface area contributed by atoms with Gasteiger partial charge in [0.2, 0.25) is 0 Å². The van der Waals surface area contributed by atoms with Crippen molar-refractivity contribution >= 4 is 32.7 Å². The van der Waals surface area contributed by atoms with E-state index in [1.165, 1.54) is 0 Å². The SMILES string of the molecule is Cc1cc(C(=O)NCc2ccccn2)c2cc(Br)ccc2n1. The van der Waals surface area contributed by atoms with E-state index in [0.29, 0.717) is 12.1 Å². The number of carbonyl (C=O) groups is 1. The highest BCUT2D eigenvalue weighted by molar-refractivity contribution is 9.10. The summed E-state index contributed by atoms with van der Waals surface area (Å²) in [6.45, 7) is 2.29. The largest absolute Gasteiger partial charge is 0.346 e. The minimum atomic E-state index is -0.126. The van der Waals surface area contributed by atoms with Crippen LogP contribution in [-0.4, -0.2) is 15.9 Å². The standard InChI is InChI=1S/C17H14BrN3O/c1-11-8-15(14-9-12(18)5-6-16(14)21-11)17(22)20-10-13-4-2-3-7-19-13/h2-9H,10H2,1H3,(H,20,22). The third-order valence-corrected chi connectivity index (χ3v) is 3.79. The Kier molecular flexibility index (Phi) is 4.15. The number of amides is 1. The molecule has 0 saturated heterocycles. The zero-order valence-electron chi connectivity index (χ0n) is 12.0. The summed E-state index contributed by atoms with van der Waals surface area (Å²) in [6, 6.07) is 13.2. The first-order valence-corrected chi connectivity index (χ1v) is 7.68. The van der Waals surface area contributed by atoms with E-state index in [-0.39, 0.29) is 5.91 Å². The van der Waals surface area contributed by atoms with Crippen LogP contribution >= 0.6 is 15.9 Å². The molecule has 2 heterocycles. The second-order valence-electron chi connectivity index (χ2n) is 4.98. The van der Waals surface area contributed by atoms with Crippen LogP contribution in [0.1, 0.15) is 21.7 Å². The average molecular weight is 356 g/mol. The van der Waals surface area contributed by atoms with E-state index in [4.69, 9.17) is 0 Å². The molecule has 0 spiro atoms. The zero-order valence-corrected chi connectivity index (χ0v) is 13.6.